The van der Waals surface area contributed by atoms with Gasteiger partial charge in [0, 0.05) is 17.8 Å². The van der Waals surface area contributed by atoms with E-state index in [1.165, 1.54) is 12.1 Å². The highest BCUT2D eigenvalue weighted by Crippen LogP contribution is 2.24. The van der Waals surface area contributed by atoms with Crippen molar-refractivity contribution in [3.8, 4) is 0 Å². The fraction of sp³-hybridized carbons (Fsp3) is 0.556. The van der Waals surface area contributed by atoms with Crippen molar-refractivity contribution in [2.24, 2.45) is 0 Å². The number of nitrogen functional groups attached to an aromatic ring is 2. The van der Waals surface area contributed by atoms with Crippen molar-refractivity contribution >= 4 is 23.4 Å². The maximum absolute atomic E-state index is 11.4. The number of amides is 1. The highest BCUT2D eigenvalue weighted by atomic mass is 16.7. The molecule has 1 aromatic rings. The van der Waals surface area contributed by atoms with Gasteiger partial charge in [-0.2, -0.15) is 0 Å². The zero-order valence-electron chi connectivity index (χ0n) is 16.0. The topological polar surface area (TPSA) is 146 Å². The molecule has 0 atom stereocenters. The van der Waals surface area contributed by atoms with Crippen LogP contribution in [0.4, 0.5) is 16.2 Å². The van der Waals surface area contributed by atoms with Crippen molar-refractivity contribution < 1.29 is 28.9 Å². The van der Waals surface area contributed by atoms with Gasteiger partial charge in [-0.15, -0.1) is 0 Å². The summed E-state index contributed by atoms with van der Waals surface area (Å²) < 4.78 is 15.8. The molecule has 0 fully saturated rings. The lowest BCUT2D eigenvalue weighted by Crippen LogP contribution is -2.33. The molecule has 0 aliphatic heterocycles. The highest BCUT2D eigenvalue weighted by Gasteiger charge is 2.15. The first kappa shape index (κ1) is 22.5. The van der Waals surface area contributed by atoms with Gasteiger partial charge in [-0.05, 0) is 45.7 Å². The van der Waals surface area contributed by atoms with Crippen molar-refractivity contribution in [2.45, 2.75) is 39.2 Å². The van der Waals surface area contributed by atoms with E-state index in [4.69, 9.17) is 30.8 Å². The lowest BCUT2D eigenvalue weighted by molar-refractivity contribution is -0.0530. The summed E-state index contributed by atoms with van der Waals surface area (Å²) in [6.07, 6.45) is 0.531. The minimum atomic E-state index is -1.10. The van der Waals surface area contributed by atoms with E-state index < -0.39 is 17.7 Å². The number of carboxylic acids is 1. The number of hydrogen-bond acceptors (Lipinski definition) is 7. The number of alkyl carbamates (subject to hydrolysis) is 1. The Morgan fingerprint density at radius 3 is 2.44 bits per heavy atom. The summed E-state index contributed by atoms with van der Waals surface area (Å²) in [4.78, 5) is 22.5. The Morgan fingerprint density at radius 1 is 1.15 bits per heavy atom. The van der Waals surface area contributed by atoms with E-state index in [2.05, 4.69) is 5.32 Å². The second-order valence-electron chi connectivity index (χ2n) is 6.87. The predicted octanol–water partition coefficient (Wildman–Crippen LogP) is 2.00. The number of carbonyl (C=O) groups is 2. The van der Waals surface area contributed by atoms with E-state index in [0.717, 1.165) is 0 Å². The molecule has 27 heavy (non-hydrogen) atoms. The molecule has 0 aromatic heterocycles. The van der Waals surface area contributed by atoms with Crippen LogP contribution in [0.3, 0.4) is 0 Å². The first-order chi connectivity index (χ1) is 12.6. The van der Waals surface area contributed by atoms with Crippen LogP contribution >= 0.6 is 0 Å². The Bertz CT molecular complexity index is 643. The molecule has 1 rings (SSSR count). The summed E-state index contributed by atoms with van der Waals surface area (Å²) in [5.74, 6) is -1.10. The first-order valence-corrected chi connectivity index (χ1v) is 8.64. The SMILES string of the molecule is CC(C)(C)OC(=O)NCCCOCOCCc1c(N)ccc(C(=O)O)c1N. The van der Waals surface area contributed by atoms with Gasteiger partial charge < -0.3 is 36.1 Å². The molecular weight excluding hydrogens is 354 g/mol. The quantitative estimate of drug-likeness (QED) is 0.272. The van der Waals surface area contributed by atoms with E-state index in [9.17, 15) is 9.59 Å². The minimum absolute atomic E-state index is 0.0212. The fourth-order valence-electron chi connectivity index (χ4n) is 2.18. The van der Waals surface area contributed by atoms with Crippen LogP contribution in [0.1, 0.15) is 43.1 Å². The van der Waals surface area contributed by atoms with Crippen LogP contribution in [0.2, 0.25) is 0 Å². The van der Waals surface area contributed by atoms with E-state index in [-0.39, 0.29) is 24.7 Å². The van der Waals surface area contributed by atoms with Crippen molar-refractivity contribution in [3.05, 3.63) is 23.3 Å². The van der Waals surface area contributed by atoms with Gasteiger partial charge in [0.05, 0.1) is 24.5 Å². The van der Waals surface area contributed by atoms with Gasteiger partial charge >= 0.3 is 12.1 Å². The molecule has 9 nitrogen and oxygen atoms in total. The molecule has 0 saturated carbocycles. The van der Waals surface area contributed by atoms with Crippen LogP contribution in [0, 0.1) is 0 Å². The average Bonchev–Trinajstić information content (AvgIpc) is 2.53. The lowest BCUT2D eigenvalue weighted by Gasteiger charge is -2.19. The summed E-state index contributed by atoms with van der Waals surface area (Å²) in [5.41, 5.74) is 12.3. The maximum atomic E-state index is 11.4. The zero-order valence-corrected chi connectivity index (χ0v) is 16.0. The van der Waals surface area contributed by atoms with E-state index >= 15 is 0 Å². The molecule has 0 radical (unpaired) electrons. The summed E-state index contributed by atoms with van der Waals surface area (Å²) in [7, 11) is 0. The standard InChI is InChI=1S/C18H29N3O6/c1-18(2,3)27-17(24)21-8-4-9-25-11-26-10-7-12-14(19)6-5-13(15(12)20)16(22)23/h5-6H,4,7-11,19-20H2,1-3H3,(H,21,24)(H,22,23). The number of ether oxygens (including phenoxy) is 3. The van der Waals surface area contributed by atoms with Crippen LogP contribution in [0.25, 0.3) is 0 Å². The Balaban J connectivity index is 2.17. The van der Waals surface area contributed by atoms with E-state index in [0.29, 0.717) is 37.2 Å². The molecule has 6 N–H and O–H groups in total. The van der Waals surface area contributed by atoms with Gasteiger partial charge in [-0.1, -0.05) is 0 Å². The monoisotopic (exact) mass is 383 g/mol. The van der Waals surface area contributed by atoms with Gasteiger partial charge in [0.2, 0.25) is 0 Å². The third-order valence-corrected chi connectivity index (χ3v) is 3.42. The second kappa shape index (κ2) is 10.6. The average molecular weight is 383 g/mol. The van der Waals surface area contributed by atoms with Crippen molar-refractivity contribution in [3.63, 3.8) is 0 Å². The Morgan fingerprint density at radius 2 is 1.81 bits per heavy atom. The summed E-state index contributed by atoms with van der Waals surface area (Å²) in [5, 5.41) is 11.7. The number of carbonyl (C=O) groups excluding carboxylic acids is 1. The first-order valence-electron chi connectivity index (χ1n) is 8.64. The number of nitrogens with two attached hydrogens (primary N) is 2. The summed E-state index contributed by atoms with van der Waals surface area (Å²) in [6.45, 7) is 6.60. The minimum Gasteiger partial charge on any atom is -0.478 e. The molecule has 0 unspecified atom stereocenters. The normalized spacial score (nSPS) is 11.2. The van der Waals surface area contributed by atoms with Gasteiger partial charge in [0.15, 0.2) is 0 Å². The lowest BCUT2D eigenvalue weighted by atomic mass is 10.0. The maximum Gasteiger partial charge on any atom is 0.407 e. The van der Waals surface area contributed by atoms with Crippen LogP contribution in [0.15, 0.2) is 12.1 Å². The number of hydrogen-bond donors (Lipinski definition) is 4. The molecule has 1 amide bonds. The number of aromatic carboxylic acids is 1. The van der Waals surface area contributed by atoms with Gasteiger partial charge in [-0.25, -0.2) is 9.59 Å². The second-order valence-corrected chi connectivity index (χ2v) is 6.87. The molecule has 0 heterocycles. The third-order valence-electron chi connectivity index (χ3n) is 3.42. The molecule has 0 aliphatic carbocycles. The zero-order chi connectivity index (χ0) is 20.4. The van der Waals surface area contributed by atoms with E-state index in [1.807, 2.05) is 0 Å². The van der Waals surface area contributed by atoms with Gasteiger partial charge in [0.1, 0.15) is 12.4 Å². The van der Waals surface area contributed by atoms with Crippen LogP contribution in [0.5, 0.6) is 0 Å². The van der Waals surface area contributed by atoms with Crippen LogP contribution < -0.4 is 16.8 Å². The third kappa shape index (κ3) is 8.61. The Kier molecular flexibility index (Phi) is 8.83. The van der Waals surface area contributed by atoms with Gasteiger partial charge in [0.25, 0.3) is 0 Å². The van der Waals surface area contributed by atoms with Crippen LogP contribution in [-0.4, -0.2) is 49.3 Å². The number of carboxylic acid groups (broad SMARTS) is 1. The number of nitrogens with one attached hydrogen (secondary N) is 1. The summed E-state index contributed by atoms with van der Waals surface area (Å²) >= 11 is 0. The van der Waals surface area contributed by atoms with Crippen molar-refractivity contribution in [2.75, 3.05) is 38.0 Å². The molecule has 0 saturated heterocycles. The van der Waals surface area contributed by atoms with Crippen molar-refractivity contribution in [1.29, 1.82) is 0 Å². The smallest absolute Gasteiger partial charge is 0.407 e. The number of benzene rings is 1. The molecule has 0 bridgehead atoms. The summed E-state index contributed by atoms with van der Waals surface area (Å²) in [6, 6.07) is 2.90. The van der Waals surface area contributed by atoms with Crippen LogP contribution in [-0.2, 0) is 20.6 Å². The number of rotatable bonds is 10. The fourth-order valence-corrected chi connectivity index (χ4v) is 2.18. The largest absolute Gasteiger partial charge is 0.478 e. The Labute approximate surface area is 158 Å². The van der Waals surface area contributed by atoms with Gasteiger partial charge in [-0.3, -0.25) is 0 Å². The molecule has 1 aromatic carbocycles. The number of anilines is 2. The molecule has 0 spiro atoms. The van der Waals surface area contributed by atoms with Crippen molar-refractivity contribution in [1.82, 2.24) is 5.32 Å². The van der Waals surface area contributed by atoms with E-state index in [1.54, 1.807) is 20.8 Å². The molecule has 9 heteroatoms. The molecular formula is C18H29N3O6. The highest BCUT2D eigenvalue weighted by molar-refractivity contribution is 5.95. The predicted molar refractivity (Wildman–Crippen MR) is 102 cm³/mol. The Hall–Kier alpha value is -2.52. The molecule has 152 valence electrons. The molecule has 0 aliphatic rings.